The Hall–Kier alpha value is -3.54. The van der Waals surface area contributed by atoms with Gasteiger partial charge in [-0.25, -0.2) is 9.79 Å². The van der Waals surface area contributed by atoms with E-state index in [0.29, 0.717) is 16.7 Å². The largest absolute Gasteiger partial charge is 0.512 e. The second-order valence-corrected chi connectivity index (χ2v) is 10.0. The normalized spacial score (nSPS) is 15.6. The van der Waals surface area contributed by atoms with Gasteiger partial charge >= 0.3 is 5.97 Å². The Kier molecular flexibility index (Phi) is 6.41. The highest BCUT2D eigenvalue weighted by Crippen LogP contribution is 2.27. The second-order valence-electron chi connectivity index (χ2n) is 10.0. The summed E-state index contributed by atoms with van der Waals surface area (Å²) in [6.07, 6.45) is 0. The third kappa shape index (κ3) is 5.45. The van der Waals surface area contributed by atoms with Crippen molar-refractivity contribution in [1.29, 1.82) is 0 Å². The first-order chi connectivity index (χ1) is 15.3. The van der Waals surface area contributed by atoms with Gasteiger partial charge in [-0.1, -0.05) is 57.2 Å². The van der Waals surface area contributed by atoms with Crippen molar-refractivity contribution in [3.8, 4) is 0 Å². The van der Waals surface area contributed by atoms with Crippen LogP contribution in [0.4, 0.5) is 0 Å². The molecule has 172 valence electrons. The number of hydrogen-bond donors (Lipinski definition) is 1. The molecule has 0 bridgehead atoms. The lowest BCUT2D eigenvalue weighted by atomic mass is 9.87. The molecular weight excluding hydrogens is 416 g/mol. The maximum Gasteiger partial charge on any atom is 0.344 e. The highest BCUT2D eigenvalue weighted by atomic mass is 16.6. The third-order valence-corrected chi connectivity index (χ3v) is 5.05. The molecule has 2 aromatic rings. The van der Waals surface area contributed by atoms with Crippen LogP contribution in [0.15, 0.2) is 69.8 Å². The zero-order chi connectivity index (χ0) is 24.6. The van der Waals surface area contributed by atoms with E-state index in [-0.39, 0.29) is 28.3 Å². The Morgan fingerprint density at radius 2 is 1.48 bits per heavy atom. The summed E-state index contributed by atoms with van der Waals surface area (Å²) in [4.78, 5) is 34.4. The second kappa shape index (κ2) is 8.77. The van der Waals surface area contributed by atoms with Crippen molar-refractivity contribution in [3.05, 3.63) is 82.1 Å². The van der Waals surface area contributed by atoms with E-state index in [2.05, 4.69) is 30.8 Å². The lowest BCUT2D eigenvalue weighted by Gasteiger charge is -2.21. The van der Waals surface area contributed by atoms with Crippen LogP contribution < -0.4 is 0 Å². The topological polar surface area (TPSA) is 88.3 Å². The van der Waals surface area contributed by atoms with Crippen LogP contribution in [-0.2, 0) is 14.9 Å². The van der Waals surface area contributed by atoms with E-state index in [1.165, 1.54) is 6.92 Å². The van der Waals surface area contributed by atoms with Crippen LogP contribution in [-0.4, -0.2) is 34.1 Å². The Labute approximate surface area is 194 Å². The zero-order valence-corrected chi connectivity index (χ0v) is 20.2. The SMILES string of the molecule is CC(O)=C(C(=O)OC(C)(C)C)C1=NC(=NC(=O)c2ccc(C(C)(C)C)cc2)c2ccccc21. The Bertz CT molecular complexity index is 1180. The summed E-state index contributed by atoms with van der Waals surface area (Å²) in [6.45, 7) is 13.0. The molecule has 3 rings (SSSR count). The number of ether oxygens (including phenoxy) is 1. The van der Waals surface area contributed by atoms with Gasteiger partial charge in [0.05, 0.1) is 5.71 Å². The molecule has 33 heavy (non-hydrogen) atoms. The molecule has 2 aromatic carbocycles. The molecule has 1 amide bonds. The predicted octanol–water partition coefficient (Wildman–Crippen LogP) is 5.55. The molecule has 0 saturated carbocycles. The monoisotopic (exact) mass is 446 g/mol. The highest BCUT2D eigenvalue weighted by Gasteiger charge is 2.32. The molecule has 1 heterocycles. The molecule has 0 fully saturated rings. The molecule has 6 nitrogen and oxygen atoms in total. The fraction of sp³-hybridized carbons (Fsp3) is 0.333. The predicted molar refractivity (Wildman–Crippen MR) is 130 cm³/mol. The van der Waals surface area contributed by atoms with Gasteiger partial charge in [-0.2, -0.15) is 4.99 Å². The van der Waals surface area contributed by atoms with Crippen molar-refractivity contribution in [2.75, 3.05) is 0 Å². The minimum absolute atomic E-state index is 0.0242. The smallest absolute Gasteiger partial charge is 0.344 e. The van der Waals surface area contributed by atoms with E-state index in [1.54, 1.807) is 57.2 Å². The van der Waals surface area contributed by atoms with Crippen LogP contribution in [0.25, 0.3) is 0 Å². The van der Waals surface area contributed by atoms with Crippen molar-refractivity contribution >= 4 is 23.4 Å². The van der Waals surface area contributed by atoms with Crippen molar-refractivity contribution < 1.29 is 19.4 Å². The lowest BCUT2D eigenvalue weighted by Crippen LogP contribution is -2.28. The first-order valence-corrected chi connectivity index (χ1v) is 10.8. The third-order valence-electron chi connectivity index (χ3n) is 5.05. The minimum Gasteiger partial charge on any atom is -0.512 e. The highest BCUT2D eigenvalue weighted by molar-refractivity contribution is 6.36. The summed E-state index contributed by atoms with van der Waals surface area (Å²) in [5, 5.41) is 10.3. The molecule has 0 aliphatic carbocycles. The number of fused-ring (bicyclic) bond motifs is 1. The standard InChI is InChI=1S/C27H30N2O4/c1-16(30)21(25(32)33-27(5,6)7)22-19-10-8-9-11-20(19)23(28-22)29-24(31)17-12-14-18(15-13-17)26(2,3)4/h8-15,30H,1-7H3. The Morgan fingerprint density at radius 3 is 2.00 bits per heavy atom. The van der Waals surface area contributed by atoms with Crippen LogP contribution in [0.1, 0.15) is 75.5 Å². The molecule has 0 unspecified atom stereocenters. The summed E-state index contributed by atoms with van der Waals surface area (Å²) in [5.41, 5.74) is 2.17. The number of aliphatic hydroxyl groups is 1. The summed E-state index contributed by atoms with van der Waals surface area (Å²) >= 11 is 0. The van der Waals surface area contributed by atoms with Gasteiger partial charge in [0.2, 0.25) is 0 Å². The van der Waals surface area contributed by atoms with Gasteiger partial charge in [-0.3, -0.25) is 4.79 Å². The quantitative estimate of drug-likeness (QED) is 0.380. The van der Waals surface area contributed by atoms with Crippen LogP contribution in [0.2, 0.25) is 0 Å². The van der Waals surface area contributed by atoms with E-state index < -0.39 is 17.5 Å². The number of amides is 1. The number of benzene rings is 2. The molecule has 0 aromatic heterocycles. The van der Waals surface area contributed by atoms with Gasteiger partial charge in [-0.05, 0) is 50.8 Å². The molecule has 1 aliphatic rings. The van der Waals surface area contributed by atoms with Crippen LogP contribution in [0.5, 0.6) is 0 Å². The van der Waals surface area contributed by atoms with Gasteiger partial charge in [0.25, 0.3) is 5.91 Å². The number of rotatable bonds is 3. The first kappa shape index (κ1) is 24.1. The van der Waals surface area contributed by atoms with Crippen LogP contribution >= 0.6 is 0 Å². The number of allylic oxidation sites excluding steroid dienone is 1. The first-order valence-electron chi connectivity index (χ1n) is 10.8. The number of esters is 1. The van der Waals surface area contributed by atoms with E-state index in [1.807, 2.05) is 12.1 Å². The number of aliphatic imine (C=N–C) groups is 2. The Balaban J connectivity index is 2.03. The molecule has 0 radical (unpaired) electrons. The summed E-state index contributed by atoms with van der Waals surface area (Å²) < 4.78 is 5.47. The maximum atomic E-state index is 12.9. The van der Waals surface area contributed by atoms with Gasteiger partial charge in [0.15, 0.2) is 5.84 Å². The fourth-order valence-corrected chi connectivity index (χ4v) is 3.41. The van der Waals surface area contributed by atoms with Gasteiger partial charge in [-0.15, -0.1) is 0 Å². The van der Waals surface area contributed by atoms with Gasteiger partial charge in [0, 0.05) is 16.7 Å². The average Bonchev–Trinajstić information content (AvgIpc) is 3.04. The molecule has 0 atom stereocenters. The van der Waals surface area contributed by atoms with E-state index in [9.17, 15) is 14.7 Å². The van der Waals surface area contributed by atoms with Crippen LogP contribution in [0, 0.1) is 0 Å². The van der Waals surface area contributed by atoms with Gasteiger partial charge < -0.3 is 9.84 Å². The zero-order valence-electron chi connectivity index (χ0n) is 20.2. The van der Waals surface area contributed by atoms with Gasteiger partial charge in [0.1, 0.15) is 16.9 Å². The molecular formula is C27H30N2O4. The molecule has 0 saturated heterocycles. The average molecular weight is 447 g/mol. The number of amidine groups is 1. The lowest BCUT2D eigenvalue weighted by molar-refractivity contribution is -0.149. The molecule has 1 N–H and O–H groups in total. The number of carbonyl (C=O) groups excluding carboxylic acids is 2. The van der Waals surface area contributed by atoms with Crippen molar-refractivity contribution in [3.63, 3.8) is 0 Å². The van der Waals surface area contributed by atoms with Crippen molar-refractivity contribution in [2.45, 2.75) is 59.5 Å². The summed E-state index contributed by atoms with van der Waals surface area (Å²) in [7, 11) is 0. The Morgan fingerprint density at radius 1 is 0.909 bits per heavy atom. The summed E-state index contributed by atoms with van der Waals surface area (Å²) in [5.74, 6) is -1.16. The van der Waals surface area contributed by atoms with E-state index in [4.69, 9.17) is 4.74 Å². The fourth-order valence-electron chi connectivity index (χ4n) is 3.41. The van der Waals surface area contributed by atoms with E-state index >= 15 is 0 Å². The number of hydrogen-bond acceptors (Lipinski definition) is 4. The summed E-state index contributed by atoms with van der Waals surface area (Å²) in [6, 6.07) is 14.5. The number of carbonyl (C=O) groups is 2. The number of aliphatic hydroxyl groups excluding tert-OH is 1. The molecule has 6 heteroatoms. The van der Waals surface area contributed by atoms with Crippen molar-refractivity contribution in [1.82, 2.24) is 0 Å². The molecule has 0 spiro atoms. The maximum absolute atomic E-state index is 12.9. The molecule has 1 aliphatic heterocycles. The van der Waals surface area contributed by atoms with Crippen LogP contribution in [0.3, 0.4) is 0 Å². The minimum atomic E-state index is -0.747. The van der Waals surface area contributed by atoms with E-state index in [0.717, 1.165) is 5.56 Å². The number of nitrogens with zero attached hydrogens (tertiary/aromatic N) is 2. The van der Waals surface area contributed by atoms with Crippen molar-refractivity contribution in [2.24, 2.45) is 9.98 Å².